The molecule has 1 atom stereocenters. The van der Waals surface area contributed by atoms with E-state index in [0.717, 1.165) is 0 Å². The van der Waals surface area contributed by atoms with Gasteiger partial charge in [-0.15, -0.1) is 0 Å². The number of halogens is 1. The summed E-state index contributed by atoms with van der Waals surface area (Å²) >= 11 is 0. The Morgan fingerprint density at radius 3 is 2.55 bits per heavy atom. The largest absolute Gasteiger partial charge is 0.480 e. The molecule has 3 N–H and O–H groups in total. The summed E-state index contributed by atoms with van der Waals surface area (Å²) in [5.74, 6) is -1.39. The molecule has 2 amide bonds. The third-order valence-corrected chi connectivity index (χ3v) is 2.83. The highest BCUT2D eigenvalue weighted by atomic mass is 19.1. The number of hydrogen-bond acceptors (Lipinski definition) is 2. The van der Waals surface area contributed by atoms with Gasteiger partial charge in [-0.05, 0) is 31.4 Å². The van der Waals surface area contributed by atoms with E-state index in [9.17, 15) is 14.0 Å². The maximum absolute atomic E-state index is 13.3. The Bertz CT molecular complexity index is 503. The molecule has 110 valence electrons. The molecule has 0 saturated heterocycles. The average Bonchev–Trinajstić information content (AvgIpc) is 2.33. The molecule has 0 bridgehead atoms. The SMILES string of the molecule is Cc1c(F)cccc1NC(=O)N[C@H](CC(C)C)C(=O)O. The van der Waals surface area contributed by atoms with Gasteiger partial charge in [-0.25, -0.2) is 14.0 Å². The van der Waals surface area contributed by atoms with Crippen LogP contribution in [0.15, 0.2) is 18.2 Å². The molecule has 0 aliphatic rings. The average molecular weight is 282 g/mol. The molecule has 0 aliphatic heterocycles. The second-order valence-corrected chi connectivity index (χ2v) is 5.03. The zero-order chi connectivity index (χ0) is 15.3. The highest BCUT2D eigenvalue weighted by molar-refractivity contribution is 5.92. The molecule has 0 radical (unpaired) electrons. The molecule has 1 rings (SSSR count). The first-order valence-electron chi connectivity index (χ1n) is 6.36. The van der Waals surface area contributed by atoms with Crippen LogP contribution in [0.4, 0.5) is 14.9 Å². The molecule has 20 heavy (non-hydrogen) atoms. The van der Waals surface area contributed by atoms with Gasteiger partial charge in [0.15, 0.2) is 0 Å². The van der Waals surface area contributed by atoms with Crippen LogP contribution in [0.2, 0.25) is 0 Å². The van der Waals surface area contributed by atoms with E-state index < -0.39 is 23.9 Å². The molecule has 0 fully saturated rings. The third-order valence-electron chi connectivity index (χ3n) is 2.83. The Morgan fingerprint density at radius 2 is 2.00 bits per heavy atom. The van der Waals surface area contributed by atoms with Crippen LogP contribution in [-0.2, 0) is 4.79 Å². The molecule has 6 heteroatoms. The normalized spacial score (nSPS) is 12.1. The Hall–Kier alpha value is -2.11. The predicted molar refractivity (Wildman–Crippen MR) is 74.2 cm³/mol. The van der Waals surface area contributed by atoms with Gasteiger partial charge >= 0.3 is 12.0 Å². The molecule has 0 aliphatic carbocycles. The molecule has 1 aromatic carbocycles. The van der Waals surface area contributed by atoms with Gasteiger partial charge < -0.3 is 15.7 Å². The van der Waals surface area contributed by atoms with E-state index in [1.165, 1.54) is 19.1 Å². The lowest BCUT2D eigenvalue weighted by molar-refractivity contribution is -0.139. The summed E-state index contributed by atoms with van der Waals surface area (Å²) in [6.07, 6.45) is 0.324. The number of nitrogens with one attached hydrogen (secondary N) is 2. The highest BCUT2D eigenvalue weighted by Gasteiger charge is 2.21. The van der Waals surface area contributed by atoms with Gasteiger partial charge in [0.1, 0.15) is 11.9 Å². The molecular formula is C14H19FN2O3. The van der Waals surface area contributed by atoms with E-state index in [4.69, 9.17) is 5.11 Å². The first kappa shape index (κ1) is 15.9. The minimum Gasteiger partial charge on any atom is -0.480 e. The Labute approximate surface area is 117 Å². The van der Waals surface area contributed by atoms with Crippen LogP contribution in [0.25, 0.3) is 0 Å². The summed E-state index contributed by atoms with van der Waals surface area (Å²) in [4.78, 5) is 22.8. The van der Waals surface area contributed by atoms with Crippen LogP contribution in [0.5, 0.6) is 0 Å². The summed E-state index contributed by atoms with van der Waals surface area (Å²) in [7, 11) is 0. The van der Waals surface area contributed by atoms with Crippen LogP contribution < -0.4 is 10.6 Å². The lowest BCUT2D eigenvalue weighted by Crippen LogP contribution is -2.43. The number of benzene rings is 1. The maximum Gasteiger partial charge on any atom is 0.326 e. The number of carboxylic acid groups (broad SMARTS) is 1. The quantitative estimate of drug-likeness (QED) is 0.777. The van der Waals surface area contributed by atoms with Gasteiger partial charge in [-0.2, -0.15) is 0 Å². The molecular weight excluding hydrogens is 263 g/mol. The number of carbonyl (C=O) groups excluding carboxylic acids is 1. The van der Waals surface area contributed by atoms with Crippen molar-refractivity contribution in [1.29, 1.82) is 0 Å². The summed E-state index contributed by atoms with van der Waals surface area (Å²) in [6, 6.07) is 2.68. The summed E-state index contributed by atoms with van der Waals surface area (Å²) in [6.45, 7) is 5.27. The van der Waals surface area contributed by atoms with Crippen LogP contribution in [0, 0.1) is 18.7 Å². The minimum absolute atomic E-state index is 0.132. The lowest BCUT2D eigenvalue weighted by atomic mass is 10.0. The Balaban J connectivity index is 2.71. The molecule has 0 saturated carbocycles. The number of carboxylic acids is 1. The second-order valence-electron chi connectivity index (χ2n) is 5.03. The molecule has 0 spiro atoms. The fraction of sp³-hybridized carbons (Fsp3) is 0.429. The van der Waals surface area contributed by atoms with E-state index in [-0.39, 0.29) is 5.92 Å². The number of aliphatic carboxylic acids is 1. The summed E-state index contributed by atoms with van der Waals surface area (Å²) < 4.78 is 13.3. The molecule has 0 aromatic heterocycles. The molecule has 5 nitrogen and oxygen atoms in total. The van der Waals surface area contributed by atoms with Gasteiger partial charge in [0.2, 0.25) is 0 Å². The Morgan fingerprint density at radius 1 is 1.35 bits per heavy atom. The van der Waals surface area contributed by atoms with Crippen molar-refractivity contribution < 1.29 is 19.1 Å². The minimum atomic E-state index is -1.09. The number of urea groups is 1. The van der Waals surface area contributed by atoms with Crippen molar-refractivity contribution in [3.63, 3.8) is 0 Å². The zero-order valence-electron chi connectivity index (χ0n) is 11.7. The second kappa shape index (κ2) is 6.88. The van der Waals surface area contributed by atoms with E-state index in [1.54, 1.807) is 6.07 Å². The first-order valence-corrected chi connectivity index (χ1v) is 6.36. The van der Waals surface area contributed by atoms with Gasteiger partial charge in [0.25, 0.3) is 0 Å². The molecule has 0 heterocycles. The van der Waals surface area contributed by atoms with Crippen LogP contribution in [0.1, 0.15) is 25.8 Å². The topological polar surface area (TPSA) is 78.4 Å². The maximum atomic E-state index is 13.3. The van der Waals surface area contributed by atoms with Gasteiger partial charge in [0.05, 0.1) is 0 Å². The fourth-order valence-corrected chi connectivity index (χ4v) is 1.75. The number of carbonyl (C=O) groups is 2. The number of hydrogen-bond donors (Lipinski definition) is 3. The van der Waals surface area contributed by atoms with Crippen molar-refractivity contribution in [3.8, 4) is 0 Å². The van der Waals surface area contributed by atoms with Crippen molar-refractivity contribution in [2.45, 2.75) is 33.2 Å². The van der Waals surface area contributed by atoms with Crippen molar-refractivity contribution in [2.24, 2.45) is 5.92 Å². The van der Waals surface area contributed by atoms with Gasteiger partial charge in [-0.3, -0.25) is 0 Å². The van der Waals surface area contributed by atoms with E-state index in [0.29, 0.717) is 17.7 Å². The van der Waals surface area contributed by atoms with Crippen molar-refractivity contribution in [3.05, 3.63) is 29.6 Å². The van der Waals surface area contributed by atoms with Crippen LogP contribution >= 0.6 is 0 Å². The third kappa shape index (κ3) is 4.53. The van der Waals surface area contributed by atoms with E-state index >= 15 is 0 Å². The summed E-state index contributed by atoms with van der Waals surface area (Å²) in [5.41, 5.74) is 0.620. The van der Waals surface area contributed by atoms with Gasteiger partial charge in [0, 0.05) is 11.3 Å². The fourth-order valence-electron chi connectivity index (χ4n) is 1.75. The number of anilines is 1. The van der Waals surface area contributed by atoms with Crippen LogP contribution in [0.3, 0.4) is 0 Å². The smallest absolute Gasteiger partial charge is 0.326 e. The van der Waals surface area contributed by atoms with E-state index in [2.05, 4.69) is 10.6 Å². The van der Waals surface area contributed by atoms with Crippen molar-refractivity contribution in [2.75, 3.05) is 5.32 Å². The standard InChI is InChI=1S/C14H19FN2O3/c1-8(2)7-12(13(18)19)17-14(20)16-11-6-4-5-10(15)9(11)3/h4-6,8,12H,7H2,1-3H3,(H,18,19)(H2,16,17,20)/t12-/m1/s1. The molecule has 1 aromatic rings. The predicted octanol–water partition coefficient (Wildman–Crippen LogP) is 2.75. The molecule has 0 unspecified atom stereocenters. The van der Waals surface area contributed by atoms with Crippen LogP contribution in [-0.4, -0.2) is 23.1 Å². The summed E-state index contributed by atoms with van der Waals surface area (Å²) in [5, 5.41) is 13.9. The first-order chi connectivity index (χ1) is 9.31. The van der Waals surface area contributed by atoms with Crippen molar-refractivity contribution >= 4 is 17.7 Å². The number of rotatable bonds is 5. The lowest BCUT2D eigenvalue weighted by Gasteiger charge is -2.17. The monoisotopic (exact) mass is 282 g/mol. The Kier molecular flexibility index (Phi) is 5.49. The van der Waals surface area contributed by atoms with E-state index in [1.807, 2.05) is 13.8 Å². The highest BCUT2D eigenvalue weighted by Crippen LogP contribution is 2.17. The van der Waals surface area contributed by atoms with Gasteiger partial charge in [-0.1, -0.05) is 19.9 Å². The van der Waals surface area contributed by atoms with Crippen molar-refractivity contribution in [1.82, 2.24) is 5.32 Å². The zero-order valence-corrected chi connectivity index (χ0v) is 11.7. The number of amides is 2.